The molecule has 24 heavy (non-hydrogen) atoms. The SMILES string of the molecule is O=C(C=CC(=O)Nc1ccc(F)cc1F)Nc1ccc(F)cc1F. The quantitative estimate of drug-likeness (QED) is 0.663. The van der Waals surface area contributed by atoms with Gasteiger partial charge >= 0.3 is 0 Å². The van der Waals surface area contributed by atoms with Crippen LogP contribution in [0.2, 0.25) is 0 Å². The van der Waals surface area contributed by atoms with Gasteiger partial charge in [0.05, 0.1) is 11.4 Å². The molecule has 2 aromatic carbocycles. The summed E-state index contributed by atoms with van der Waals surface area (Å²) >= 11 is 0. The van der Waals surface area contributed by atoms with E-state index in [1.54, 1.807) is 0 Å². The van der Waals surface area contributed by atoms with Crippen LogP contribution in [0.15, 0.2) is 48.6 Å². The van der Waals surface area contributed by atoms with E-state index in [0.29, 0.717) is 12.1 Å². The first-order chi connectivity index (χ1) is 11.3. The van der Waals surface area contributed by atoms with Crippen LogP contribution in [0.25, 0.3) is 0 Å². The van der Waals surface area contributed by atoms with Gasteiger partial charge in [-0.1, -0.05) is 0 Å². The van der Waals surface area contributed by atoms with Crippen molar-refractivity contribution in [1.29, 1.82) is 0 Å². The van der Waals surface area contributed by atoms with Crippen LogP contribution < -0.4 is 10.6 Å². The Morgan fingerprint density at radius 3 is 1.42 bits per heavy atom. The average molecular weight is 338 g/mol. The van der Waals surface area contributed by atoms with Gasteiger partial charge < -0.3 is 10.6 Å². The highest BCUT2D eigenvalue weighted by molar-refractivity contribution is 6.06. The highest BCUT2D eigenvalue weighted by atomic mass is 19.1. The summed E-state index contributed by atoms with van der Waals surface area (Å²) in [5.74, 6) is -5.27. The molecular weight excluding hydrogens is 328 g/mol. The van der Waals surface area contributed by atoms with Crippen molar-refractivity contribution in [2.45, 2.75) is 0 Å². The molecule has 0 saturated carbocycles. The van der Waals surface area contributed by atoms with E-state index < -0.39 is 35.1 Å². The third kappa shape index (κ3) is 4.67. The van der Waals surface area contributed by atoms with Gasteiger partial charge in [0.15, 0.2) is 0 Å². The number of nitrogens with one attached hydrogen (secondary N) is 2. The summed E-state index contributed by atoms with van der Waals surface area (Å²) in [6, 6.07) is 5.11. The Kier molecular flexibility index (Phi) is 5.31. The maximum atomic E-state index is 13.3. The van der Waals surface area contributed by atoms with E-state index >= 15 is 0 Å². The molecule has 0 bridgehead atoms. The number of hydrogen-bond acceptors (Lipinski definition) is 2. The van der Waals surface area contributed by atoms with E-state index in [0.717, 1.165) is 36.4 Å². The fourth-order valence-electron chi connectivity index (χ4n) is 1.68. The van der Waals surface area contributed by atoms with Crippen LogP contribution in [0.1, 0.15) is 0 Å². The summed E-state index contributed by atoms with van der Waals surface area (Å²) in [5, 5.41) is 4.21. The van der Waals surface area contributed by atoms with E-state index in [9.17, 15) is 27.2 Å². The van der Waals surface area contributed by atoms with Gasteiger partial charge in [-0.3, -0.25) is 9.59 Å². The van der Waals surface area contributed by atoms with Crippen molar-refractivity contribution in [1.82, 2.24) is 0 Å². The summed E-state index contributed by atoms with van der Waals surface area (Å²) in [5.41, 5.74) is -0.535. The first-order valence-corrected chi connectivity index (χ1v) is 6.55. The molecule has 2 aromatic rings. The lowest BCUT2D eigenvalue weighted by Gasteiger charge is -2.04. The number of carbonyl (C=O) groups is 2. The van der Waals surface area contributed by atoms with Crippen molar-refractivity contribution in [3.63, 3.8) is 0 Å². The summed E-state index contributed by atoms with van der Waals surface area (Å²) < 4.78 is 52.1. The van der Waals surface area contributed by atoms with E-state index in [1.807, 2.05) is 0 Å². The molecule has 0 fully saturated rings. The number of amides is 2. The van der Waals surface area contributed by atoms with Crippen LogP contribution >= 0.6 is 0 Å². The largest absolute Gasteiger partial charge is 0.320 e. The molecule has 0 aliphatic carbocycles. The first kappa shape index (κ1) is 17.2. The highest BCUT2D eigenvalue weighted by Crippen LogP contribution is 2.16. The lowest BCUT2D eigenvalue weighted by atomic mass is 10.3. The van der Waals surface area contributed by atoms with Crippen LogP contribution in [0.5, 0.6) is 0 Å². The van der Waals surface area contributed by atoms with Crippen LogP contribution in [0.3, 0.4) is 0 Å². The summed E-state index contributed by atoms with van der Waals surface area (Å²) in [4.78, 5) is 23.1. The minimum atomic E-state index is -0.977. The van der Waals surface area contributed by atoms with Crippen molar-refractivity contribution in [2.24, 2.45) is 0 Å². The maximum Gasteiger partial charge on any atom is 0.248 e. The van der Waals surface area contributed by atoms with Gasteiger partial charge in [0.2, 0.25) is 11.8 Å². The van der Waals surface area contributed by atoms with Gasteiger partial charge in [0.1, 0.15) is 23.3 Å². The summed E-state index contributed by atoms with van der Waals surface area (Å²) in [7, 11) is 0. The molecule has 0 heterocycles. The van der Waals surface area contributed by atoms with E-state index in [1.165, 1.54) is 0 Å². The molecule has 8 heteroatoms. The second-order valence-corrected chi connectivity index (χ2v) is 4.56. The third-order valence-corrected chi connectivity index (χ3v) is 2.76. The summed E-state index contributed by atoms with van der Waals surface area (Å²) in [6.45, 7) is 0. The minimum absolute atomic E-state index is 0.268. The predicted octanol–water partition coefficient (Wildman–Crippen LogP) is 3.38. The number of carbonyl (C=O) groups excluding carboxylic acids is 2. The maximum absolute atomic E-state index is 13.3. The Balaban J connectivity index is 1.96. The van der Waals surface area contributed by atoms with Crippen molar-refractivity contribution < 1.29 is 27.2 Å². The smallest absolute Gasteiger partial charge is 0.248 e. The van der Waals surface area contributed by atoms with Crippen LogP contribution in [-0.4, -0.2) is 11.8 Å². The molecule has 2 N–H and O–H groups in total. The van der Waals surface area contributed by atoms with Crippen molar-refractivity contribution in [3.05, 3.63) is 71.8 Å². The Bertz CT molecular complexity index is 754. The van der Waals surface area contributed by atoms with Crippen LogP contribution in [-0.2, 0) is 9.59 Å². The fraction of sp³-hybridized carbons (Fsp3) is 0. The number of benzene rings is 2. The Hall–Kier alpha value is -3.16. The number of anilines is 2. The lowest BCUT2D eigenvalue weighted by molar-refractivity contribution is -0.114. The third-order valence-electron chi connectivity index (χ3n) is 2.76. The van der Waals surface area contributed by atoms with Crippen molar-refractivity contribution in [2.75, 3.05) is 10.6 Å². The van der Waals surface area contributed by atoms with E-state index in [-0.39, 0.29) is 11.4 Å². The molecule has 0 unspecified atom stereocenters. The fourth-order valence-corrected chi connectivity index (χ4v) is 1.68. The monoisotopic (exact) mass is 338 g/mol. The number of hydrogen-bond donors (Lipinski definition) is 2. The lowest BCUT2D eigenvalue weighted by Crippen LogP contribution is -2.13. The molecule has 0 atom stereocenters. The second-order valence-electron chi connectivity index (χ2n) is 4.56. The molecule has 0 aliphatic rings. The van der Waals surface area contributed by atoms with Crippen molar-refractivity contribution >= 4 is 23.2 Å². The molecule has 0 aromatic heterocycles. The number of rotatable bonds is 4. The Morgan fingerprint density at radius 1 is 0.708 bits per heavy atom. The van der Waals surface area contributed by atoms with Crippen molar-refractivity contribution in [3.8, 4) is 0 Å². The zero-order valence-corrected chi connectivity index (χ0v) is 11.9. The zero-order valence-electron chi connectivity index (χ0n) is 11.9. The van der Waals surface area contributed by atoms with Gasteiger partial charge in [-0.15, -0.1) is 0 Å². The molecular formula is C16H10F4N2O2. The van der Waals surface area contributed by atoms with Gasteiger partial charge in [-0.05, 0) is 24.3 Å². The molecule has 0 aliphatic heterocycles. The Labute approximate surface area is 133 Å². The molecule has 2 amide bonds. The average Bonchev–Trinajstić information content (AvgIpc) is 2.51. The standard InChI is InChI=1S/C16H10F4N2O2/c17-9-1-3-13(11(19)7-9)21-15(23)5-6-16(24)22-14-4-2-10(18)8-12(14)20/h1-8H,(H,21,23)(H,22,24). The van der Waals surface area contributed by atoms with Gasteiger partial charge in [-0.2, -0.15) is 0 Å². The van der Waals surface area contributed by atoms with Gasteiger partial charge in [0, 0.05) is 24.3 Å². The van der Waals surface area contributed by atoms with Crippen LogP contribution in [0, 0.1) is 23.3 Å². The second kappa shape index (κ2) is 7.40. The molecule has 0 spiro atoms. The first-order valence-electron chi connectivity index (χ1n) is 6.55. The zero-order chi connectivity index (χ0) is 17.7. The topological polar surface area (TPSA) is 58.2 Å². The molecule has 0 saturated heterocycles. The van der Waals surface area contributed by atoms with Gasteiger partial charge in [-0.25, -0.2) is 17.6 Å². The molecule has 4 nitrogen and oxygen atoms in total. The number of halogens is 4. The molecule has 0 radical (unpaired) electrons. The van der Waals surface area contributed by atoms with Gasteiger partial charge in [0.25, 0.3) is 0 Å². The van der Waals surface area contributed by atoms with Crippen LogP contribution in [0.4, 0.5) is 28.9 Å². The Morgan fingerprint density at radius 2 is 1.08 bits per heavy atom. The summed E-state index contributed by atoms with van der Waals surface area (Å²) in [6.07, 6.45) is 1.55. The van der Waals surface area contributed by atoms with E-state index in [4.69, 9.17) is 0 Å². The van der Waals surface area contributed by atoms with E-state index in [2.05, 4.69) is 10.6 Å². The predicted molar refractivity (Wildman–Crippen MR) is 79.1 cm³/mol. The molecule has 124 valence electrons. The highest BCUT2D eigenvalue weighted by Gasteiger charge is 2.08. The minimum Gasteiger partial charge on any atom is -0.320 e. The normalized spacial score (nSPS) is 10.7. The molecule has 2 rings (SSSR count).